The Kier molecular flexibility index (Phi) is 5.65. The minimum atomic E-state index is -0.191. The molecule has 132 valence electrons. The van der Waals surface area contributed by atoms with Gasteiger partial charge in [-0.15, -0.1) is 11.3 Å². The van der Waals surface area contributed by atoms with E-state index in [1.165, 1.54) is 17.6 Å². The van der Waals surface area contributed by atoms with Crippen LogP contribution in [0.2, 0.25) is 0 Å². The Hall–Kier alpha value is -1.99. The summed E-state index contributed by atoms with van der Waals surface area (Å²) in [5, 5.41) is 6.24. The van der Waals surface area contributed by atoms with Gasteiger partial charge in [0, 0.05) is 24.0 Å². The van der Waals surface area contributed by atoms with Gasteiger partial charge >= 0.3 is 5.97 Å². The number of hydrogen-bond donors (Lipinski definition) is 1. The van der Waals surface area contributed by atoms with Crippen LogP contribution in [-0.4, -0.2) is 34.6 Å². The SMILES string of the molecule is COC(=O)CCCN1C(=S)N[C@H](c2ccccn2)[C@H]1c1sccc1C. The molecular weight excluding hydrogens is 354 g/mol. The lowest BCUT2D eigenvalue weighted by atomic mass is 10.0. The fourth-order valence-corrected chi connectivity index (χ4v) is 4.52. The van der Waals surface area contributed by atoms with Gasteiger partial charge in [0.1, 0.15) is 0 Å². The molecule has 7 heteroatoms. The van der Waals surface area contributed by atoms with Crippen LogP contribution in [-0.2, 0) is 9.53 Å². The van der Waals surface area contributed by atoms with Crippen molar-refractivity contribution in [3.8, 4) is 0 Å². The summed E-state index contributed by atoms with van der Waals surface area (Å²) in [7, 11) is 1.42. The molecule has 3 heterocycles. The Labute approximate surface area is 157 Å². The summed E-state index contributed by atoms with van der Waals surface area (Å²) in [5.41, 5.74) is 2.22. The van der Waals surface area contributed by atoms with Gasteiger partial charge in [0.05, 0.1) is 24.9 Å². The number of thiophene rings is 1. The van der Waals surface area contributed by atoms with Crippen molar-refractivity contribution in [1.82, 2.24) is 15.2 Å². The molecule has 1 N–H and O–H groups in total. The molecule has 0 amide bonds. The molecule has 1 aliphatic heterocycles. The van der Waals surface area contributed by atoms with Crippen molar-refractivity contribution in [1.29, 1.82) is 0 Å². The standard InChI is InChI=1S/C18H21N3O2S2/c1-12-8-11-25-17(12)16-15(13-6-3-4-9-19-13)20-18(24)21(16)10-5-7-14(22)23-2/h3-4,6,8-9,11,15-16H,5,7,10H2,1-2H3,(H,20,24)/t15-,16+/m1/s1. The maximum atomic E-state index is 11.4. The van der Waals surface area contributed by atoms with Crippen LogP contribution in [0.25, 0.3) is 0 Å². The lowest BCUT2D eigenvalue weighted by molar-refractivity contribution is -0.140. The summed E-state index contributed by atoms with van der Waals surface area (Å²) < 4.78 is 4.74. The number of rotatable bonds is 6. The summed E-state index contributed by atoms with van der Waals surface area (Å²) >= 11 is 7.33. The second-order valence-electron chi connectivity index (χ2n) is 5.97. The highest BCUT2D eigenvalue weighted by atomic mass is 32.1. The van der Waals surface area contributed by atoms with Gasteiger partial charge in [0.2, 0.25) is 0 Å². The number of nitrogens with zero attached hydrogens (tertiary/aromatic N) is 2. The molecule has 2 aromatic rings. The van der Waals surface area contributed by atoms with E-state index in [1.807, 2.05) is 18.2 Å². The Bertz CT molecular complexity index is 748. The van der Waals surface area contributed by atoms with E-state index >= 15 is 0 Å². The maximum Gasteiger partial charge on any atom is 0.305 e. The molecule has 0 unspecified atom stereocenters. The Morgan fingerprint density at radius 3 is 2.92 bits per heavy atom. The maximum absolute atomic E-state index is 11.4. The van der Waals surface area contributed by atoms with E-state index in [9.17, 15) is 4.79 Å². The van der Waals surface area contributed by atoms with E-state index in [-0.39, 0.29) is 18.1 Å². The van der Waals surface area contributed by atoms with Crippen LogP contribution in [0.15, 0.2) is 35.8 Å². The number of pyridine rings is 1. The van der Waals surface area contributed by atoms with Gasteiger partial charge in [-0.05, 0) is 54.7 Å². The quantitative estimate of drug-likeness (QED) is 0.617. The highest BCUT2D eigenvalue weighted by Gasteiger charge is 2.40. The number of aromatic nitrogens is 1. The third-order valence-electron chi connectivity index (χ3n) is 4.38. The van der Waals surface area contributed by atoms with Crippen molar-refractivity contribution >= 4 is 34.6 Å². The lowest BCUT2D eigenvalue weighted by Gasteiger charge is -2.27. The molecule has 5 nitrogen and oxygen atoms in total. The van der Waals surface area contributed by atoms with E-state index in [2.05, 4.69) is 33.6 Å². The zero-order valence-corrected chi connectivity index (χ0v) is 15.9. The minimum absolute atomic E-state index is 0.00387. The zero-order valence-electron chi connectivity index (χ0n) is 14.3. The van der Waals surface area contributed by atoms with Crippen LogP contribution >= 0.6 is 23.6 Å². The molecule has 25 heavy (non-hydrogen) atoms. The number of ether oxygens (including phenoxy) is 1. The third kappa shape index (κ3) is 3.82. The molecule has 1 fully saturated rings. The summed E-state index contributed by atoms with van der Waals surface area (Å²) in [5.74, 6) is -0.191. The van der Waals surface area contributed by atoms with E-state index < -0.39 is 0 Å². The van der Waals surface area contributed by atoms with E-state index in [1.54, 1.807) is 17.5 Å². The lowest BCUT2D eigenvalue weighted by Crippen LogP contribution is -2.30. The monoisotopic (exact) mass is 375 g/mol. The smallest absolute Gasteiger partial charge is 0.305 e. The summed E-state index contributed by atoms with van der Waals surface area (Å²) in [4.78, 5) is 19.4. The fourth-order valence-electron chi connectivity index (χ4n) is 3.11. The first kappa shape index (κ1) is 17.8. The Morgan fingerprint density at radius 1 is 1.44 bits per heavy atom. The van der Waals surface area contributed by atoms with Crippen LogP contribution in [0.5, 0.6) is 0 Å². The zero-order chi connectivity index (χ0) is 17.8. The second kappa shape index (κ2) is 7.93. The van der Waals surface area contributed by atoms with E-state index in [0.717, 1.165) is 5.69 Å². The van der Waals surface area contributed by atoms with Crippen LogP contribution in [0.3, 0.4) is 0 Å². The summed E-state index contributed by atoms with van der Waals surface area (Å²) in [6, 6.07) is 8.14. The average Bonchev–Trinajstić information content (AvgIpc) is 3.18. The Balaban J connectivity index is 1.86. The second-order valence-corrected chi connectivity index (χ2v) is 7.30. The molecule has 2 atom stereocenters. The van der Waals surface area contributed by atoms with Gasteiger partial charge in [-0.2, -0.15) is 0 Å². The molecule has 3 rings (SSSR count). The number of methoxy groups -OCH3 is 1. The largest absolute Gasteiger partial charge is 0.469 e. The number of nitrogens with one attached hydrogen (secondary N) is 1. The normalized spacial score (nSPS) is 19.8. The van der Waals surface area contributed by atoms with Crippen molar-refractivity contribution in [2.24, 2.45) is 0 Å². The number of hydrogen-bond acceptors (Lipinski definition) is 5. The number of carbonyl (C=O) groups is 1. The summed E-state index contributed by atoms with van der Waals surface area (Å²) in [6.45, 7) is 2.82. The molecular formula is C18H21N3O2S2. The first-order valence-corrected chi connectivity index (χ1v) is 9.49. The van der Waals surface area contributed by atoms with E-state index in [0.29, 0.717) is 24.5 Å². The van der Waals surface area contributed by atoms with Crippen molar-refractivity contribution < 1.29 is 9.53 Å². The fraction of sp³-hybridized carbons (Fsp3) is 0.389. The van der Waals surface area contributed by atoms with Crippen molar-refractivity contribution in [3.05, 3.63) is 52.0 Å². The highest BCUT2D eigenvalue weighted by molar-refractivity contribution is 7.80. The average molecular weight is 376 g/mol. The van der Waals surface area contributed by atoms with Gasteiger partial charge in [0.15, 0.2) is 5.11 Å². The third-order valence-corrected chi connectivity index (χ3v) is 5.82. The first-order valence-electron chi connectivity index (χ1n) is 8.20. The summed E-state index contributed by atoms with van der Waals surface area (Å²) in [6.07, 6.45) is 2.89. The van der Waals surface area contributed by atoms with Gasteiger partial charge in [-0.3, -0.25) is 9.78 Å². The van der Waals surface area contributed by atoms with Crippen molar-refractivity contribution in [3.63, 3.8) is 0 Å². The van der Waals surface area contributed by atoms with Crippen LogP contribution in [0.1, 0.15) is 41.1 Å². The molecule has 0 spiro atoms. The molecule has 0 saturated carbocycles. The van der Waals surface area contributed by atoms with E-state index in [4.69, 9.17) is 17.0 Å². The number of aryl methyl sites for hydroxylation is 1. The van der Waals surface area contributed by atoms with Crippen LogP contribution in [0.4, 0.5) is 0 Å². The molecule has 0 aliphatic carbocycles. The van der Waals surface area contributed by atoms with Gasteiger partial charge in [-0.25, -0.2) is 0 Å². The molecule has 0 bridgehead atoms. The first-order chi connectivity index (χ1) is 12.1. The highest BCUT2D eigenvalue weighted by Crippen LogP contribution is 2.41. The molecule has 1 saturated heterocycles. The van der Waals surface area contributed by atoms with Crippen molar-refractivity contribution in [2.75, 3.05) is 13.7 Å². The minimum Gasteiger partial charge on any atom is -0.469 e. The molecule has 0 radical (unpaired) electrons. The number of carbonyl (C=O) groups excluding carboxylic acids is 1. The molecule has 1 aliphatic rings. The van der Waals surface area contributed by atoms with Gasteiger partial charge in [-0.1, -0.05) is 6.07 Å². The van der Waals surface area contributed by atoms with Crippen LogP contribution < -0.4 is 5.32 Å². The number of thiocarbonyl (C=S) groups is 1. The molecule has 0 aromatic carbocycles. The molecule has 2 aromatic heterocycles. The van der Waals surface area contributed by atoms with Crippen LogP contribution in [0, 0.1) is 6.92 Å². The van der Waals surface area contributed by atoms with Gasteiger partial charge < -0.3 is 15.0 Å². The predicted molar refractivity (Wildman–Crippen MR) is 102 cm³/mol. The van der Waals surface area contributed by atoms with Gasteiger partial charge in [0.25, 0.3) is 0 Å². The Morgan fingerprint density at radius 2 is 2.28 bits per heavy atom. The van der Waals surface area contributed by atoms with Crippen molar-refractivity contribution in [2.45, 2.75) is 31.8 Å². The predicted octanol–water partition coefficient (Wildman–Crippen LogP) is 3.38. The topological polar surface area (TPSA) is 54.5 Å². The number of esters is 1.